The standard InChI is InChI=1S/C28H29N3O4/c1-19-9-11-23-26(17-19)35-25-12-10-20(33-2)18-22(25)27(29-23)30-13-6-14-31(16-15-30)28(32)21-7-4-5-8-24(21)34-3/h4-5,7-12,17-18H,6,13-16H2,1-3H3. The van der Waals surface area contributed by atoms with Crippen LogP contribution in [0.25, 0.3) is 0 Å². The molecular formula is C28H29N3O4. The second-order valence-corrected chi connectivity index (χ2v) is 8.70. The number of rotatable bonds is 3. The predicted octanol–water partition coefficient (Wildman–Crippen LogP) is 5.04. The molecule has 2 heterocycles. The van der Waals surface area contributed by atoms with Crippen LogP contribution in [0.15, 0.2) is 65.7 Å². The normalized spacial score (nSPS) is 15.1. The van der Waals surface area contributed by atoms with Crippen LogP contribution in [0.2, 0.25) is 0 Å². The Morgan fingerprint density at radius 2 is 1.77 bits per heavy atom. The third-order valence-electron chi connectivity index (χ3n) is 6.41. The van der Waals surface area contributed by atoms with Gasteiger partial charge in [0.1, 0.15) is 28.8 Å². The molecule has 1 fully saturated rings. The van der Waals surface area contributed by atoms with Crippen LogP contribution in [0.4, 0.5) is 5.69 Å². The zero-order chi connectivity index (χ0) is 24.4. The summed E-state index contributed by atoms with van der Waals surface area (Å²) in [5.41, 5.74) is 3.36. The number of aryl methyl sites for hydroxylation is 1. The number of benzene rings is 3. The predicted molar refractivity (Wildman–Crippen MR) is 136 cm³/mol. The van der Waals surface area contributed by atoms with Gasteiger partial charge in [0.15, 0.2) is 5.75 Å². The number of carbonyl (C=O) groups excluding carboxylic acids is 1. The highest BCUT2D eigenvalue weighted by Gasteiger charge is 2.27. The van der Waals surface area contributed by atoms with Gasteiger partial charge in [0.05, 0.1) is 25.3 Å². The van der Waals surface area contributed by atoms with Gasteiger partial charge >= 0.3 is 0 Å². The van der Waals surface area contributed by atoms with Crippen LogP contribution in [0.1, 0.15) is 27.9 Å². The van der Waals surface area contributed by atoms with E-state index in [0.29, 0.717) is 30.9 Å². The molecule has 0 saturated carbocycles. The van der Waals surface area contributed by atoms with Gasteiger partial charge in [-0.25, -0.2) is 4.99 Å². The molecule has 3 aromatic rings. The molecule has 7 nitrogen and oxygen atoms in total. The Morgan fingerprint density at radius 3 is 2.60 bits per heavy atom. The molecule has 180 valence electrons. The summed E-state index contributed by atoms with van der Waals surface area (Å²) < 4.78 is 17.2. The molecule has 0 aliphatic carbocycles. The molecular weight excluding hydrogens is 442 g/mol. The molecule has 5 rings (SSSR count). The van der Waals surface area contributed by atoms with Crippen LogP contribution in [0, 0.1) is 6.92 Å². The molecule has 0 spiro atoms. The fourth-order valence-corrected chi connectivity index (χ4v) is 4.55. The van der Waals surface area contributed by atoms with E-state index in [2.05, 4.69) is 4.90 Å². The zero-order valence-electron chi connectivity index (χ0n) is 20.3. The van der Waals surface area contributed by atoms with Gasteiger partial charge in [-0.2, -0.15) is 0 Å². The van der Waals surface area contributed by atoms with E-state index in [0.717, 1.165) is 52.9 Å². The largest absolute Gasteiger partial charge is 0.497 e. The van der Waals surface area contributed by atoms with Crippen LogP contribution < -0.4 is 14.2 Å². The van der Waals surface area contributed by atoms with Crippen LogP contribution in [0.5, 0.6) is 23.0 Å². The van der Waals surface area contributed by atoms with Crippen LogP contribution in [0.3, 0.4) is 0 Å². The van der Waals surface area contributed by atoms with E-state index in [9.17, 15) is 4.79 Å². The molecule has 0 aromatic heterocycles. The van der Waals surface area contributed by atoms with Crippen molar-refractivity contribution in [3.8, 4) is 23.0 Å². The molecule has 0 N–H and O–H groups in total. The first-order chi connectivity index (χ1) is 17.1. The molecule has 0 bridgehead atoms. The van der Waals surface area contributed by atoms with Gasteiger partial charge in [-0.3, -0.25) is 4.79 Å². The Bertz CT molecular complexity index is 1290. The summed E-state index contributed by atoms with van der Waals surface area (Å²) in [4.78, 5) is 22.5. The highest BCUT2D eigenvalue weighted by atomic mass is 16.5. The van der Waals surface area contributed by atoms with E-state index in [1.54, 1.807) is 14.2 Å². The SMILES string of the molecule is COc1ccc2c(c1)C(N1CCCN(C(=O)c3ccccc3OC)CC1)=Nc1ccc(C)cc1O2. The smallest absolute Gasteiger partial charge is 0.257 e. The number of ether oxygens (including phenoxy) is 3. The second kappa shape index (κ2) is 9.70. The summed E-state index contributed by atoms with van der Waals surface area (Å²) in [5.74, 6) is 3.61. The maximum atomic E-state index is 13.3. The van der Waals surface area contributed by atoms with E-state index in [1.807, 2.05) is 72.5 Å². The third kappa shape index (κ3) is 4.54. The minimum absolute atomic E-state index is 0.0154. The molecule has 0 radical (unpaired) electrons. The van der Waals surface area contributed by atoms with Crippen molar-refractivity contribution < 1.29 is 19.0 Å². The number of fused-ring (bicyclic) bond motifs is 2. The van der Waals surface area contributed by atoms with E-state index in [-0.39, 0.29) is 5.91 Å². The number of hydrogen-bond donors (Lipinski definition) is 0. The molecule has 2 aliphatic rings. The number of methoxy groups -OCH3 is 2. The highest BCUT2D eigenvalue weighted by molar-refractivity contribution is 6.04. The Hall–Kier alpha value is -4.00. The molecule has 7 heteroatoms. The van der Waals surface area contributed by atoms with Crippen molar-refractivity contribution in [2.75, 3.05) is 40.4 Å². The van der Waals surface area contributed by atoms with Crippen molar-refractivity contribution in [3.63, 3.8) is 0 Å². The van der Waals surface area contributed by atoms with Gasteiger partial charge in [0, 0.05) is 26.2 Å². The van der Waals surface area contributed by atoms with Crippen LogP contribution >= 0.6 is 0 Å². The summed E-state index contributed by atoms with van der Waals surface area (Å²) >= 11 is 0. The van der Waals surface area contributed by atoms with E-state index in [1.165, 1.54) is 0 Å². The zero-order valence-corrected chi connectivity index (χ0v) is 20.3. The number of nitrogens with zero attached hydrogens (tertiary/aromatic N) is 3. The average molecular weight is 472 g/mol. The van der Waals surface area contributed by atoms with Gasteiger partial charge in [0.2, 0.25) is 0 Å². The van der Waals surface area contributed by atoms with Gasteiger partial charge in [-0.1, -0.05) is 18.2 Å². The number of carbonyl (C=O) groups is 1. The number of aliphatic imine (C=N–C) groups is 1. The number of hydrogen-bond acceptors (Lipinski definition) is 6. The topological polar surface area (TPSA) is 63.6 Å². The summed E-state index contributed by atoms with van der Waals surface area (Å²) in [6.45, 7) is 4.70. The Labute approximate surface area is 205 Å². The van der Waals surface area contributed by atoms with Crippen molar-refractivity contribution in [1.29, 1.82) is 0 Å². The van der Waals surface area contributed by atoms with Crippen molar-refractivity contribution in [3.05, 3.63) is 77.4 Å². The first-order valence-corrected chi connectivity index (χ1v) is 11.8. The lowest BCUT2D eigenvalue weighted by molar-refractivity contribution is 0.0760. The first kappa shape index (κ1) is 22.8. The van der Waals surface area contributed by atoms with Crippen LogP contribution in [-0.2, 0) is 0 Å². The van der Waals surface area contributed by atoms with Crippen LogP contribution in [-0.4, -0.2) is 61.9 Å². The lowest BCUT2D eigenvalue weighted by Gasteiger charge is -2.25. The highest BCUT2D eigenvalue weighted by Crippen LogP contribution is 2.40. The van der Waals surface area contributed by atoms with Crippen molar-refractivity contribution in [2.24, 2.45) is 4.99 Å². The van der Waals surface area contributed by atoms with Gasteiger partial charge in [0.25, 0.3) is 5.91 Å². The molecule has 0 atom stereocenters. The maximum absolute atomic E-state index is 13.3. The summed E-state index contributed by atoms with van der Waals surface area (Å²) in [6.07, 6.45) is 0.820. The Kier molecular flexibility index (Phi) is 6.31. The quantitative estimate of drug-likeness (QED) is 0.535. The minimum atomic E-state index is -0.0154. The molecule has 2 aliphatic heterocycles. The van der Waals surface area contributed by atoms with Crippen molar-refractivity contribution in [1.82, 2.24) is 9.80 Å². The summed E-state index contributed by atoms with van der Waals surface area (Å²) in [5, 5.41) is 0. The lowest BCUT2D eigenvalue weighted by Crippen LogP contribution is -2.37. The average Bonchev–Trinajstić information content (AvgIpc) is 3.22. The number of para-hydroxylation sites is 1. The fourth-order valence-electron chi connectivity index (χ4n) is 4.55. The van der Waals surface area contributed by atoms with Gasteiger partial charge in [-0.05, 0) is 61.4 Å². The van der Waals surface area contributed by atoms with Gasteiger partial charge < -0.3 is 24.0 Å². The van der Waals surface area contributed by atoms with E-state index < -0.39 is 0 Å². The lowest BCUT2D eigenvalue weighted by atomic mass is 10.1. The third-order valence-corrected chi connectivity index (χ3v) is 6.41. The second-order valence-electron chi connectivity index (χ2n) is 8.70. The number of amides is 1. The van der Waals surface area contributed by atoms with E-state index >= 15 is 0 Å². The fraction of sp³-hybridized carbons (Fsp3) is 0.286. The summed E-state index contributed by atoms with van der Waals surface area (Å²) in [7, 11) is 3.25. The summed E-state index contributed by atoms with van der Waals surface area (Å²) in [6, 6.07) is 19.2. The van der Waals surface area contributed by atoms with Crippen molar-refractivity contribution in [2.45, 2.75) is 13.3 Å². The molecule has 35 heavy (non-hydrogen) atoms. The van der Waals surface area contributed by atoms with E-state index in [4.69, 9.17) is 19.2 Å². The molecule has 1 saturated heterocycles. The van der Waals surface area contributed by atoms with Gasteiger partial charge in [-0.15, -0.1) is 0 Å². The first-order valence-electron chi connectivity index (χ1n) is 11.8. The molecule has 3 aromatic carbocycles. The molecule has 0 unspecified atom stereocenters. The Balaban J connectivity index is 1.47. The minimum Gasteiger partial charge on any atom is -0.497 e. The van der Waals surface area contributed by atoms with Crippen molar-refractivity contribution >= 4 is 17.4 Å². The molecule has 1 amide bonds. The monoisotopic (exact) mass is 471 g/mol. The Morgan fingerprint density at radius 1 is 0.914 bits per heavy atom. The maximum Gasteiger partial charge on any atom is 0.257 e. The number of amidine groups is 1.